The molecule has 1 aromatic heterocycles. The fourth-order valence-corrected chi connectivity index (χ4v) is 0.703. The molecule has 62 valence electrons. The Bertz CT molecular complexity index is 274. The minimum absolute atomic E-state index is 0.328. The van der Waals surface area contributed by atoms with Crippen LogP contribution in [0.15, 0.2) is 15.4 Å². The number of H-pyrrole nitrogens is 1. The molecule has 0 radical (unpaired) electrons. The minimum atomic E-state index is -0.410. The van der Waals surface area contributed by atoms with Gasteiger partial charge in [0.2, 0.25) is 5.88 Å². The van der Waals surface area contributed by atoms with Crippen molar-refractivity contribution in [2.45, 2.75) is 19.9 Å². The standard InChI is InChI=1S/C7H12N2O2/c1-5(2)9(3)6-4-8-7(10)11-6/h4-5H,1-3H3,(H,8,10). The SMILES string of the molecule is CC(C)N(C)c1c[nH]c(=O)o1. The van der Waals surface area contributed by atoms with Gasteiger partial charge in [0.1, 0.15) is 0 Å². The second kappa shape index (κ2) is 2.82. The van der Waals surface area contributed by atoms with Crippen molar-refractivity contribution in [1.82, 2.24) is 4.98 Å². The van der Waals surface area contributed by atoms with E-state index in [2.05, 4.69) is 4.98 Å². The molecule has 0 aliphatic rings. The van der Waals surface area contributed by atoms with E-state index in [0.717, 1.165) is 0 Å². The van der Waals surface area contributed by atoms with Crippen molar-refractivity contribution in [1.29, 1.82) is 0 Å². The molecule has 0 amide bonds. The van der Waals surface area contributed by atoms with E-state index < -0.39 is 5.76 Å². The predicted octanol–water partition coefficient (Wildman–Crippen LogP) is 0.812. The van der Waals surface area contributed by atoms with Gasteiger partial charge in [-0.2, -0.15) is 0 Å². The zero-order valence-corrected chi connectivity index (χ0v) is 6.92. The smallest absolute Gasteiger partial charge is 0.392 e. The predicted molar refractivity (Wildman–Crippen MR) is 42.9 cm³/mol. The van der Waals surface area contributed by atoms with Gasteiger partial charge < -0.3 is 9.32 Å². The third-order valence-corrected chi connectivity index (χ3v) is 1.63. The van der Waals surface area contributed by atoms with Crippen molar-refractivity contribution in [3.8, 4) is 0 Å². The molecule has 1 heterocycles. The van der Waals surface area contributed by atoms with Crippen LogP contribution in [0.5, 0.6) is 0 Å². The Balaban J connectivity index is 2.84. The second-order valence-electron chi connectivity index (χ2n) is 2.72. The van der Waals surface area contributed by atoms with E-state index >= 15 is 0 Å². The number of rotatable bonds is 2. The Hall–Kier alpha value is -1.19. The van der Waals surface area contributed by atoms with Gasteiger partial charge in [0.25, 0.3) is 0 Å². The molecule has 1 N–H and O–H groups in total. The van der Waals surface area contributed by atoms with Gasteiger partial charge in [-0.05, 0) is 13.8 Å². The highest BCUT2D eigenvalue weighted by Gasteiger charge is 2.07. The molecule has 0 aliphatic heterocycles. The molecule has 0 aromatic carbocycles. The first-order chi connectivity index (χ1) is 5.11. The first kappa shape index (κ1) is 7.91. The average molecular weight is 156 g/mol. The van der Waals surface area contributed by atoms with Crippen molar-refractivity contribution in [3.63, 3.8) is 0 Å². The monoisotopic (exact) mass is 156 g/mol. The zero-order valence-electron chi connectivity index (χ0n) is 6.92. The lowest BCUT2D eigenvalue weighted by Gasteiger charge is -2.18. The van der Waals surface area contributed by atoms with Crippen LogP contribution in [0.1, 0.15) is 13.8 Å². The quantitative estimate of drug-likeness (QED) is 0.689. The molecule has 1 rings (SSSR count). The first-order valence-corrected chi connectivity index (χ1v) is 3.52. The summed E-state index contributed by atoms with van der Waals surface area (Å²) in [7, 11) is 1.87. The number of aromatic nitrogens is 1. The second-order valence-corrected chi connectivity index (χ2v) is 2.72. The number of anilines is 1. The largest absolute Gasteiger partial charge is 0.418 e. The van der Waals surface area contributed by atoms with E-state index in [0.29, 0.717) is 11.9 Å². The van der Waals surface area contributed by atoms with Gasteiger partial charge in [0.15, 0.2) is 0 Å². The lowest BCUT2D eigenvalue weighted by molar-refractivity contribution is 0.499. The van der Waals surface area contributed by atoms with Crippen LogP contribution in [0.4, 0.5) is 5.88 Å². The van der Waals surface area contributed by atoms with Crippen LogP contribution in [0.3, 0.4) is 0 Å². The molecule has 0 bridgehead atoms. The molecule has 0 saturated carbocycles. The van der Waals surface area contributed by atoms with E-state index in [4.69, 9.17) is 4.42 Å². The van der Waals surface area contributed by atoms with E-state index in [1.54, 1.807) is 6.20 Å². The lowest BCUT2D eigenvalue weighted by atomic mass is 10.3. The van der Waals surface area contributed by atoms with Gasteiger partial charge in [-0.25, -0.2) is 4.79 Å². The average Bonchev–Trinajstić information content (AvgIpc) is 2.34. The van der Waals surface area contributed by atoms with Crippen LogP contribution in [0, 0.1) is 0 Å². The summed E-state index contributed by atoms with van der Waals surface area (Å²) in [6, 6.07) is 0.328. The van der Waals surface area contributed by atoms with Gasteiger partial charge in [-0.3, -0.25) is 4.98 Å². The lowest BCUT2D eigenvalue weighted by Crippen LogP contribution is -2.25. The number of hydrogen-bond acceptors (Lipinski definition) is 3. The highest BCUT2D eigenvalue weighted by Crippen LogP contribution is 2.09. The number of nitrogens with one attached hydrogen (secondary N) is 1. The van der Waals surface area contributed by atoms with Crippen molar-refractivity contribution >= 4 is 5.88 Å². The van der Waals surface area contributed by atoms with Crippen molar-refractivity contribution < 1.29 is 4.42 Å². The molecule has 0 aliphatic carbocycles. The Morgan fingerprint density at radius 2 is 2.27 bits per heavy atom. The third kappa shape index (κ3) is 1.63. The molecule has 4 heteroatoms. The number of nitrogens with zero attached hydrogens (tertiary/aromatic N) is 1. The van der Waals surface area contributed by atoms with Crippen LogP contribution in [0.25, 0.3) is 0 Å². The summed E-state index contributed by atoms with van der Waals surface area (Å²) < 4.78 is 4.82. The minimum Gasteiger partial charge on any atom is -0.392 e. The molecule has 0 saturated heterocycles. The molecule has 0 unspecified atom stereocenters. The first-order valence-electron chi connectivity index (χ1n) is 3.52. The van der Waals surface area contributed by atoms with Crippen LogP contribution in [-0.4, -0.2) is 18.1 Å². The van der Waals surface area contributed by atoms with Crippen LogP contribution in [-0.2, 0) is 0 Å². The normalized spacial score (nSPS) is 10.5. The fraction of sp³-hybridized carbons (Fsp3) is 0.571. The molecule has 0 spiro atoms. The maximum absolute atomic E-state index is 10.6. The van der Waals surface area contributed by atoms with Gasteiger partial charge in [0.05, 0.1) is 6.20 Å². The zero-order chi connectivity index (χ0) is 8.43. The van der Waals surface area contributed by atoms with Gasteiger partial charge in [0, 0.05) is 13.1 Å². The summed E-state index contributed by atoms with van der Waals surface area (Å²) in [6.45, 7) is 4.04. The summed E-state index contributed by atoms with van der Waals surface area (Å²) in [6.07, 6.45) is 1.56. The summed E-state index contributed by atoms with van der Waals surface area (Å²) >= 11 is 0. The van der Waals surface area contributed by atoms with E-state index in [9.17, 15) is 4.79 Å². The highest BCUT2D eigenvalue weighted by atomic mass is 16.4. The van der Waals surface area contributed by atoms with Crippen molar-refractivity contribution in [3.05, 3.63) is 16.7 Å². The Morgan fingerprint density at radius 3 is 2.64 bits per heavy atom. The van der Waals surface area contributed by atoms with Crippen molar-refractivity contribution in [2.75, 3.05) is 11.9 Å². The molecule has 11 heavy (non-hydrogen) atoms. The summed E-state index contributed by atoms with van der Waals surface area (Å²) in [5.41, 5.74) is 0. The maximum atomic E-state index is 10.6. The highest BCUT2D eigenvalue weighted by molar-refractivity contribution is 5.30. The van der Waals surface area contributed by atoms with Crippen LogP contribution < -0.4 is 10.7 Å². The summed E-state index contributed by atoms with van der Waals surface area (Å²) in [5.74, 6) is 0.164. The summed E-state index contributed by atoms with van der Waals surface area (Å²) in [5, 5.41) is 0. The number of oxazole rings is 1. The molecular formula is C7H12N2O2. The van der Waals surface area contributed by atoms with Crippen LogP contribution >= 0.6 is 0 Å². The number of aromatic amines is 1. The summed E-state index contributed by atoms with van der Waals surface area (Å²) in [4.78, 5) is 14.9. The van der Waals surface area contributed by atoms with Gasteiger partial charge in [-0.1, -0.05) is 0 Å². The maximum Gasteiger partial charge on any atom is 0.418 e. The van der Waals surface area contributed by atoms with Crippen LogP contribution in [0.2, 0.25) is 0 Å². The molecule has 1 aromatic rings. The Kier molecular flexibility index (Phi) is 2.03. The number of hydrogen-bond donors (Lipinski definition) is 1. The van der Waals surface area contributed by atoms with E-state index in [-0.39, 0.29) is 0 Å². The molecule has 4 nitrogen and oxygen atoms in total. The topological polar surface area (TPSA) is 49.2 Å². The third-order valence-electron chi connectivity index (χ3n) is 1.63. The van der Waals surface area contributed by atoms with Gasteiger partial charge >= 0.3 is 5.76 Å². The molecule has 0 fully saturated rings. The van der Waals surface area contributed by atoms with Gasteiger partial charge in [-0.15, -0.1) is 0 Å². The van der Waals surface area contributed by atoms with E-state index in [1.165, 1.54) is 0 Å². The Labute approximate surface area is 64.8 Å². The fourth-order valence-electron chi connectivity index (χ4n) is 0.703. The molecule has 0 atom stereocenters. The molecular weight excluding hydrogens is 144 g/mol. The Morgan fingerprint density at radius 1 is 1.64 bits per heavy atom. The van der Waals surface area contributed by atoms with E-state index in [1.807, 2.05) is 25.8 Å². The van der Waals surface area contributed by atoms with Crippen molar-refractivity contribution in [2.24, 2.45) is 0 Å².